The van der Waals surface area contributed by atoms with Crippen molar-refractivity contribution < 1.29 is 10.2 Å². The summed E-state index contributed by atoms with van der Waals surface area (Å²) in [5.41, 5.74) is 0. The van der Waals surface area contributed by atoms with Crippen LogP contribution >= 0.6 is 12.2 Å². The Hall–Kier alpha value is 0.01000. The van der Waals surface area contributed by atoms with Crippen molar-refractivity contribution in [1.82, 2.24) is 0 Å². The van der Waals surface area contributed by atoms with Gasteiger partial charge in [0.05, 0.1) is 6.61 Å². The van der Waals surface area contributed by atoms with E-state index in [4.69, 9.17) is 10.2 Å². The van der Waals surface area contributed by atoms with Crippen LogP contribution in [0.3, 0.4) is 0 Å². The van der Waals surface area contributed by atoms with Crippen LogP contribution in [0.1, 0.15) is 6.42 Å². The summed E-state index contributed by atoms with van der Waals surface area (Å²) in [6.07, 6.45) is 0.436. The molecule has 0 spiro atoms. The first-order valence-corrected chi connectivity index (χ1v) is 2.45. The molecular formula is C4H8O2S. The Kier molecular flexibility index (Phi) is 4.18. The molecule has 2 N–H and O–H groups in total. The Balaban J connectivity index is 3.00. The normalized spacial score (nSPS) is 8.86. The summed E-state index contributed by atoms with van der Waals surface area (Å²) in [5.74, 6) is 0. The van der Waals surface area contributed by atoms with Crippen molar-refractivity contribution in [1.29, 1.82) is 0 Å². The van der Waals surface area contributed by atoms with Crippen molar-refractivity contribution in [3.05, 3.63) is 0 Å². The first-order valence-electron chi connectivity index (χ1n) is 2.04. The summed E-state index contributed by atoms with van der Waals surface area (Å²) < 4.78 is 0. The molecule has 0 fully saturated rings. The lowest BCUT2D eigenvalue weighted by atomic mass is 10.3. The quantitative estimate of drug-likeness (QED) is 0.504. The SMILES string of the molecule is OCCC(=S)CO. The third-order valence-corrected chi connectivity index (χ3v) is 0.900. The zero-order chi connectivity index (χ0) is 5.70. The van der Waals surface area contributed by atoms with Gasteiger partial charge in [0.25, 0.3) is 0 Å². The zero-order valence-electron chi connectivity index (χ0n) is 3.92. The van der Waals surface area contributed by atoms with Gasteiger partial charge in [-0.2, -0.15) is 0 Å². The Labute approximate surface area is 47.8 Å². The second-order valence-electron chi connectivity index (χ2n) is 1.17. The molecule has 0 aliphatic carbocycles. The van der Waals surface area contributed by atoms with E-state index in [-0.39, 0.29) is 13.2 Å². The van der Waals surface area contributed by atoms with Crippen LogP contribution < -0.4 is 0 Å². The molecule has 0 aliphatic heterocycles. The maximum atomic E-state index is 8.21. The van der Waals surface area contributed by atoms with Crippen LogP contribution in [0.2, 0.25) is 0 Å². The van der Waals surface area contributed by atoms with Gasteiger partial charge in [-0.3, -0.25) is 0 Å². The Morgan fingerprint density at radius 3 is 2.14 bits per heavy atom. The minimum atomic E-state index is -0.0874. The van der Waals surface area contributed by atoms with Crippen LogP contribution in [0.5, 0.6) is 0 Å². The topological polar surface area (TPSA) is 40.5 Å². The molecule has 0 aliphatic rings. The van der Waals surface area contributed by atoms with Crippen molar-refractivity contribution in [2.75, 3.05) is 13.2 Å². The lowest BCUT2D eigenvalue weighted by molar-refractivity contribution is 0.301. The highest BCUT2D eigenvalue weighted by atomic mass is 32.1. The maximum absolute atomic E-state index is 8.21. The van der Waals surface area contributed by atoms with Gasteiger partial charge in [-0.15, -0.1) is 0 Å². The highest BCUT2D eigenvalue weighted by Crippen LogP contribution is 1.81. The number of hydrogen-bond donors (Lipinski definition) is 2. The van der Waals surface area contributed by atoms with Crippen molar-refractivity contribution >= 4 is 17.1 Å². The van der Waals surface area contributed by atoms with E-state index >= 15 is 0 Å². The number of thiocarbonyl (C=S) groups is 1. The van der Waals surface area contributed by atoms with Gasteiger partial charge < -0.3 is 10.2 Å². The van der Waals surface area contributed by atoms with Crippen molar-refractivity contribution in [2.24, 2.45) is 0 Å². The minimum absolute atomic E-state index is 0.0411. The molecular weight excluding hydrogens is 112 g/mol. The van der Waals surface area contributed by atoms with Crippen LogP contribution in [0, 0.1) is 0 Å². The van der Waals surface area contributed by atoms with Gasteiger partial charge >= 0.3 is 0 Å². The first kappa shape index (κ1) is 7.01. The van der Waals surface area contributed by atoms with Gasteiger partial charge in [0.1, 0.15) is 0 Å². The van der Waals surface area contributed by atoms with E-state index in [2.05, 4.69) is 12.2 Å². The second-order valence-corrected chi connectivity index (χ2v) is 1.75. The molecule has 0 saturated carbocycles. The van der Waals surface area contributed by atoms with E-state index < -0.39 is 0 Å². The van der Waals surface area contributed by atoms with Gasteiger partial charge in [0.15, 0.2) is 0 Å². The van der Waals surface area contributed by atoms with Crippen LogP contribution in [0.15, 0.2) is 0 Å². The molecule has 0 atom stereocenters. The fourth-order valence-electron chi connectivity index (χ4n) is 0.204. The first-order chi connectivity index (χ1) is 3.31. The number of rotatable bonds is 3. The van der Waals surface area contributed by atoms with Gasteiger partial charge in [-0.25, -0.2) is 0 Å². The van der Waals surface area contributed by atoms with E-state index in [1.807, 2.05) is 0 Å². The monoisotopic (exact) mass is 120 g/mol. The standard InChI is InChI=1S/C4H8O2S/c5-2-1-4(7)3-6/h5-6H,1-3H2. The van der Waals surface area contributed by atoms with E-state index in [1.54, 1.807) is 0 Å². The Bertz CT molecular complexity index is 62.7. The predicted molar refractivity (Wildman–Crippen MR) is 31.4 cm³/mol. The van der Waals surface area contributed by atoms with Gasteiger partial charge in [-0.1, -0.05) is 12.2 Å². The molecule has 0 aromatic carbocycles. The van der Waals surface area contributed by atoms with E-state index in [1.165, 1.54) is 0 Å². The summed E-state index contributed by atoms with van der Waals surface area (Å²) in [5, 5.41) is 16.4. The van der Waals surface area contributed by atoms with Gasteiger partial charge in [0, 0.05) is 17.9 Å². The minimum Gasteiger partial charge on any atom is -0.396 e. The fraction of sp³-hybridized carbons (Fsp3) is 0.750. The molecule has 0 heterocycles. The van der Waals surface area contributed by atoms with E-state index in [0.717, 1.165) is 0 Å². The molecule has 0 aromatic heterocycles. The second kappa shape index (κ2) is 4.18. The molecule has 7 heavy (non-hydrogen) atoms. The van der Waals surface area contributed by atoms with E-state index in [0.29, 0.717) is 11.3 Å². The molecule has 0 unspecified atom stereocenters. The number of hydrogen-bond acceptors (Lipinski definition) is 3. The summed E-state index contributed by atoms with van der Waals surface area (Å²) in [6.45, 7) is -0.0463. The van der Waals surface area contributed by atoms with E-state index in [9.17, 15) is 0 Å². The van der Waals surface area contributed by atoms with Gasteiger partial charge in [-0.05, 0) is 0 Å². The average molecular weight is 120 g/mol. The zero-order valence-corrected chi connectivity index (χ0v) is 4.74. The maximum Gasteiger partial charge on any atom is 0.0745 e. The summed E-state index contributed by atoms with van der Waals surface area (Å²) in [7, 11) is 0. The highest BCUT2D eigenvalue weighted by Gasteiger charge is 1.88. The lowest BCUT2D eigenvalue weighted by Crippen LogP contribution is -2.02. The van der Waals surface area contributed by atoms with Crippen molar-refractivity contribution in [2.45, 2.75) is 6.42 Å². The predicted octanol–water partition coefficient (Wildman–Crippen LogP) is -0.269. The smallest absolute Gasteiger partial charge is 0.0745 e. The molecule has 0 radical (unpaired) electrons. The molecule has 0 amide bonds. The highest BCUT2D eigenvalue weighted by molar-refractivity contribution is 7.80. The van der Waals surface area contributed by atoms with Crippen LogP contribution in [0.25, 0.3) is 0 Å². The van der Waals surface area contributed by atoms with Crippen molar-refractivity contribution in [3.63, 3.8) is 0 Å². The van der Waals surface area contributed by atoms with Crippen molar-refractivity contribution in [3.8, 4) is 0 Å². The molecule has 0 rings (SSSR count). The average Bonchev–Trinajstić information content (AvgIpc) is 1.68. The molecule has 0 aromatic rings. The fourth-order valence-corrected chi connectivity index (χ4v) is 0.295. The number of aliphatic hydroxyl groups excluding tert-OH is 2. The van der Waals surface area contributed by atoms with Crippen LogP contribution in [0.4, 0.5) is 0 Å². The largest absolute Gasteiger partial charge is 0.396 e. The third-order valence-electron chi connectivity index (χ3n) is 0.567. The Morgan fingerprint density at radius 2 is 2.00 bits per heavy atom. The molecule has 3 heteroatoms. The summed E-state index contributed by atoms with van der Waals surface area (Å²) in [4.78, 5) is 0.516. The summed E-state index contributed by atoms with van der Waals surface area (Å²) in [6, 6.07) is 0. The molecule has 0 saturated heterocycles. The lowest BCUT2D eigenvalue weighted by Gasteiger charge is -1.90. The third kappa shape index (κ3) is 3.85. The molecule has 2 nitrogen and oxygen atoms in total. The van der Waals surface area contributed by atoms with Gasteiger partial charge in [0.2, 0.25) is 0 Å². The van der Waals surface area contributed by atoms with Crippen LogP contribution in [-0.2, 0) is 0 Å². The van der Waals surface area contributed by atoms with Crippen LogP contribution in [-0.4, -0.2) is 28.3 Å². The Morgan fingerprint density at radius 1 is 1.43 bits per heavy atom. The molecule has 0 bridgehead atoms. The molecule has 42 valence electrons. The summed E-state index contributed by atoms with van der Waals surface area (Å²) >= 11 is 4.54. The number of aliphatic hydroxyl groups is 2.